The van der Waals surface area contributed by atoms with E-state index in [2.05, 4.69) is 10.6 Å². The molecule has 0 bridgehead atoms. The summed E-state index contributed by atoms with van der Waals surface area (Å²) in [5, 5.41) is 26.8. The number of hydrogen-bond acceptors (Lipinski definition) is 8. The van der Waals surface area contributed by atoms with Gasteiger partial charge in [-0.05, 0) is 36.5 Å². The maximum Gasteiger partial charge on any atom is 0.277 e. The molecule has 11 nitrogen and oxygen atoms in total. The van der Waals surface area contributed by atoms with Crippen LogP contribution < -0.4 is 15.4 Å². The minimum absolute atomic E-state index is 0.0859. The van der Waals surface area contributed by atoms with Crippen LogP contribution >= 0.6 is 12.2 Å². The SMILES string of the molecule is COCCOc1ccc(NC(=S)NC(=O)c2cc([N+](=O)[O-])cc([N+](=O)[O-])c2)cc1. The summed E-state index contributed by atoms with van der Waals surface area (Å²) in [5.74, 6) is -0.208. The average molecular weight is 420 g/mol. The van der Waals surface area contributed by atoms with Crippen molar-refractivity contribution < 1.29 is 24.1 Å². The lowest BCUT2D eigenvalue weighted by atomic mass is 10.1. The maximum atomic E-state index is 12.3. The van der Waals surface area contributed by atoms with Crippen molar-refractivity contribution in [2.45, 2.75) is 0 Å². The van der Waals surface area contributed by atoms with Crippen molar-refractivity contribution in [3.8, 4) is 5.75 Å². The highest BCUT2D eigenvalue weighted by Crippen LogP contribution is 2.22. The number of carbonyl (C=O) groups is 1. The second-order valence-corrected chi connectivity index (χ2v) is 5.93. The minimum atomic E-state index is -0.825. The highest BCUT2D eigenvalue weighted by Gasteiger charge is 2.20. The first-order valence-corrected chi connectivity index (χ1v) is 8.49. The van der Waals surface area contributed by atoms with Gasteiger partial charge in [0.1, 0.15) is 12.4 Å². The van der Waals surface area contributed by atoms with E-state index in [4.69, 9.17) is 21.7 Å². The Kier molecular flexibility index (Phi) is 7.51. The molecule has 0 fully saturated rings. The number of nitrogens with one attached hydrogen (secondary N) is 2. The van der Waals surface area contributed by atoms with Crippen LogP contribution in [0.5, 0.6) is 5.75 Å². The molecule has 29 heavy (non-hydrogen) atoms. The van der Waals surface area contributed by atoms with Crippen LogP contribution in [-0.4, -0.2) is 41.2 Å². The molecular formula is C17H16N4O7S. The standard InChI is InChI=1S/C17H16N4O7S/c1-27-6-7-28-15-4-2-12(3-5-15)18-17(29)19-16(22)11-8-13(20(23)24)10-14(9-11)21(25)26/h2-5,8-10H,6-7H2,1H3,(H2,18,19,22,29). The molecule has 152 valence electrons. The second-order valence-electron chi connectivity index (χ2n) is 5.53. The van der Waals surface area contributed by atoms with E-state index < -0.39 is 27.1 Å². The van der Waals surface area contributed by atoms with E-state index in [1.54, 1.807) is 31.4 Å². The van der Waals surface area contributed by atoms with Crippen LogP contribution in [0, 0.1) is 20.2 Å². The third kappa shape index (κ3) is 6.48. The monoisotopic (exact) mass is 420 g/mol. The largest absolute Gasteiger partial charge is 0.491 e. The number of anilines is 1. The number of nitrogens with zero attached hydrogens (tertiary/aromatic N) is 2. The molecule has 0 radical (unpaired) electrons. The topological polar surface area (TPSA) is 146 Å². The average Bonchev–Trinajstić information content (AvgIpc) is 2.69. The van der Waals surface area contributed by atoms with Crippen molar-refractivity contribution in [1.82, 2.24) is 5.32 Å². The number of nitro groups is 2. The van der Waals surface area contributed by atoms with Gasteiger partial charge in [0.15, 0.2) is 5.11 Å². The Hall–Kier alpha value is -3.64. The van der Waals surface area contributed by atoms with Gasteiger partial charge in [-0.2, -0.15) is 0 Å². The normalized spacial score (nSPS) is 10.1. The molecule has 0 aromatic heterocycles. The third-order valence-corrected chi connectivity index (χ3v) is 3.69. The van der Waals surface area contributed by atoms with Crippen molar-refractivity contribution >= 4 is 40.3 Å². The molecule has 0 aliphatic rings. The first-order valence-electron chi connectivity index (χ1n) is 8.08. The smallest absolute Gasteiger partial charge is 0.277 e. The molecule has 0 saturated heterocycles. The van der Waals surface area contributed by atoms with Crippen LogP contribution in [0.2, 0.25) is 0 Å². The van der Waals surface area contributed by atoms with Gasteiger partial charge in [0, 0.05) is 24.9 Å². The van der Waals surface area contributed by atoms with Gasteiger partial charge in [0.05, 0.1) is 28.1 Å². The Labute approximate surface area is 169 Å². The molecule has 2 aromatic carbocycles. The summed E-state index contributed by atoms with van der Waals surface area (Å²) in [5.41, 5.74) is -0.865. The first kappa shape index (κ1) is 21.7. The molecule has 2 N–H and O–H groups in total. The third-order valence-electron chi connectivity index (χ3n) is 3.48. The van der Waals surface area contributed by atoms with Gasteiger partial charge in [-0.1, -0.05) is 0 Å². The Bertz CT molecular complexity index is 902. The molecule has 1 amide bonds. The first-order chi connectivity index (χ1) is 13.8. The Morgan fingerprint density at radius 3 is 2.14 bits per heavy atom. The van der Waals surface area contributed by atoms with Gasteiger partial charge >= 0.3 is 0 Å². The quantitative estimate of drug-likeness (QED) is 0.285. The molecule has 0 unspecified atom stereocenters. The molecule has 12 heteroatoms. The predicted octanol–water partition coefficient (Wildman–Crippen LogP) is 2.66. The van der Waals surface area contributed by atoms with E-state index >= 15 is 0 Å². The predicted molar refractivity (Wildman–Crippen MR) is 107 cm³/mol. The molecule has 0 atom stereocenters. The van der Waals surface area contributed by atoms with Crippen LogP contribution in [0.4, 0.5) is 17.1 Å². The van der Waals surface area contributed by atoms with Gasteiger partial charge < -0.3 is 14.8 Å². The van der Waals surface area contributed by atoms with Crippen LogP contribution in [0.3, 0.4) is 0 Å². The Morgan fingerprint density at radius 2 is 1.62 bits per heavy atom. The zero-order valence-corrected chi connectivity index (χ0v) is 15.9. The summed E-state index contributed by atoms with van der Waals surface area (Å²) >= 11 is 5.04. The molecular weight excluding hydrogens is 404 g/mol. The highest BCUT2D eigenvalue weighted by molar-refractivity contribution is 7.80. The summed E-state index contributed by atoms with van der Waals surface area (Å²) in [7, 11) is 1.57. The summed E-state index contributed by atoms with van der Waals surface area (Å²) < 4.78 is 10.3. The molecule has 2 rings (SSSR count). The van der Waals surface area contributed by atoms with Gasteiger partial charge in [0.25, 0.3) is 17.3 Å². The van der Waals surface area contributed by atoms with Crippen molar-refractivity contribution in [1.29, 1.82) is 0 Å². The van der Waals surface area contributed by atoms with E-state index in [9.17, 15) is 25.0 Å². The summed E-state index contributed by atoms with van der Waals surface area (Å²) in [4.78, 5) is 32.5. The number of thiocarbonyl (C=S) groups is 1. The number of non-ortho nitro benzene ring substituents is 2. The number of amides is 1. The van der Waals surface area contributed by atoms with Gasteiger partial charge in [-0.3, -0.25) is 30.3 Å². The number of methoxy groups -OCH3 is 1. The molecule has 2 aromatic rings. The number of carbonyl (C=O) groups excluding carboxylic acids is 1. The lowest BCUT2D eigenvalue weighted by Gasteiger charge is -2.11. The van der Waals surface area contributed by atoms with Crippen molar-refractivity contribution in [2.75, 3.05) is 25.6 Å². The summed E-state index contributed by atoms with van der Waals surface area (Å²) in [6.07, 6.45) is 0. The number of nitro benzene ring substituents is 2. The van der Waals surface area contributed by atoms with Crippen molar-refractivity contribution in [3.63, 3.8) is 0 Å². The van der Waals surface area contributed by atoms with Gasteiger partial charge in [-0.15, -0.1) is 0 Å². The number of hydrogen-bond donors (Lipinski definition) is 2. The van der Waals surface area contributed by atoms with Crippen LogP contribution in [-0.2, 0) is 4.74 Å². The van der Waals surface area contributed by atoms with Crippen molar-refractivity contribution in [2.24, 2.45) is 0 Å². The molecule has 0 aliphatic heterocycles. The van der Waals surface area contributed by atoms with E-state index in [1.807, 2.05) is 0 Å². The van der Waals surface area contributed by atoms with E-state index in [0.29, 0.717) is 24.7 Å². The van der Waals surface area contributed by atoms with Crippen molar-refractivity contribution in [3.05, 3.63) is 68.3 Å². The van der Waals surface area contributed by atoms with Crippen LogP contribution in [0.15, 0.2) is 42.5 Å². The number of benzene rings is 2. The second kappa shape index (κ2) is 10.1. The molecule has 0 aliphatic carbocycles. The van der Waals surface area contributed by atoms with E-state index in [0.717, 1.165) is 18.2 Å². The minimum Gasteiger partial charge on any atom is -0.491 e. The Morgan fingerprint density at radius 1 is 1.03 bits per heavy atom. The lowest BCUT2D eigenvalue weighted by molar-refractivity contribution is -0.394. The fourth-order valence-corrected chi connectivity index (χ4v) is 2.36. The molecule has 0 saturated carbocycles. The summed E-state index contributed by atoms with van der Waals surface area (Å²) in [6.45, 7) is 0.846. The fraction of sp³-hybridized carbons (Fsp3) is 0.176. The number of rotatable bonds is 8. The molecule has 0 spiro atoms. The van der Waals surface area contributed by atoms with Crippen LogP contribution in [0.25, 0.3) is 0 Å². The maximum absolute atomic E-state index is 12.3. The zero-order valence-electron chi connectivity index (χ0n) is 15.1. The lowest BCUT2D eigenvalue weighted by Crippen LogP contribution is -2.34. The van der Waals surface area contributed by atoms with Gasteiger partial charge in [0.2, 0.25) is 0 Å². The zero-order chi connectivity index (χ0) is 21.4. The molecule has 0 heterocycles. The van der Waals surface area contributed by atoms with Crippen LogP contribution in [0.1, 0.15) is 10.4 Å². The van der Waals surface area contributed by atoms with E-state index in [1.165, 1.54) is 0 Å². The number of ether oxygens (including phenoxy) is 2. The van der Waals surface area contributed by atoms with Gasteiger partial charge in [-0.25, -0.2) is 0 Å². The highest BCUT2D eigenvalue weighted by atomic mass is 32.1. The Balaban J connectivity index is 2.02. The summed E-state index contributed by atoms with van der Waals surface area (Å²) in [6, 6.07) is 9.33. The van der Waals surface area contributed by atoms with E-state index in [-0.39, 0.29) is 10.7 Å². The fourth-order valence-electron chi connectivity index (χ4n) is 2.15.